The first-order valence-corrected chi connectivity index (χ1v) is 6.01. The molecule has 0 heterocycles. The first-order valence-electron chi connectivity index (χ1n) is 5.22. The molecular weight excluding hydrogens is 288 g/mol. The van der Waals surface area contributed by atoms with Gasteiger partial charge in [0.2, 0.25) is 0 Å². The molecule has 0 atom stereocenters. The SMILES string of the molecule is CCOc1ccc(Br)cc1C(=O)CCC(=O)O. The van der Waals surface area contributed by atoms with Gasteiger partial charge in [0.1, 0.15) is 5.75 Å². The second-order valence-corrected chi connectivity index (χ2v) is 4.31. The van der Waals surface area contributed by atoms with Crippen molar-refractivity contribution < 1.29 is 19.4 Å². The molecule has 0 unspecified atom stereocenters. The molecule has 1 aromatic rings. The number of aliphatic carboxylic acids is 1. The van der Waals surface area contributed by atoms with Crippen LogP contribution in [0.4, 0.5) is 0 Å². The van der Waals surface area contributed by atoms with Crippen molar-refractivity contribution >= 4 is 27.7 Å². The Balaban J connectivity index is 2.89. The maximum Gasteiger partial charge on any atom is 0.303 e. The minimum absolute atomic E-state index is 0.0220. The molecule has 17 heavy (non-hydrogen) atoms. The molecule has 0 spiro atoms. The van der Waals surface area contributed by atoms with Crippen molar-refractivity contribution in [3.63, 3.8) is 0 Å². The van der Waals surface area contributed by atoms with E-state index in [2.05, 4.69) is 15.9 Å². The van der Waals surface area contributed by atoms with E-state index in [9.17, 15) is 9.59 Å². The van der Waals surface area contributed by atoms with Crippen molar-refractivity contribution in [2.75, 3.05) is 6.61 Å². The van der Waals surface area contributed by atoms with Crippen molar-refractivity contribution in [1.82, 2.24) is 0 Å². The Kier molecular flexibility index (Phi) is 5.15. The zero-order valence-electron chi connectivity index (χ0n) is 9.40. The summed E-state index contributed by atoms with van der Waals surface area (Å²) in [5, 5.41) is 8.54. The highest BCUT2D eigenvalue weighted by molar-refractivity contribution is 9.10. The van der Waals surface area contributed by atoms with E-state index in [1.807, 2.05) is 6.92 Å². The molecule has 1 N–H and O–H groups in total. The van der Waals surface area contributed by atoms with Gasteiger partial charge in [0.25, 0.3) is 0 Å². The monoisotopic (exact) mass is 300 g/mol. The summed E-state index contributed by atoms with van der Waals surface area (Å²) < 4.78 is 6.09. The lowest BCUT2D eigenvalue weighted by Gasteiger charge is -2.09. The Labute approximate surface area is 108 Å². The molecule has 0 aliphatic heterocycles. The Morgan fingerprint density at radius 1 is 1.35 bits per heavy atom. The van der Waals surface area contributed by atoms with Gasteiger partial charge < -0.3 is 9.84 Å². The zero-order chi connectivity index (χ0) is 12.8. The van der Waals surface area contributed by atoms with Gasteiger partial charge in [0, 0.05) is 10.9 Å². The molecule has 0 bridgehead atoms. The molecule has 0 amide bonds. The highest BCUT2D eigenvalue weighted by Crippen LogP contribution is 2.24. The van der Waals surface area contributed by atoms with Gasteiger partial charge in [-0.25, -0.2) is 0 Å². The summed E-state index contributed by atoms with van der Waals surface area (Å²) in [5.41, 5.74) is 0.419. The third-order valence-electron chi connectivity index (χ3n) is 2.11. The number of rotatable bonds is 6. The van der Waals surface area contributed by atoms with Crippen LogP contribution in [-0.2, 0) is 4.79 Å². The fourth-order valence-electron chi connectivity index (χ4n) is 1.36. The molecule has 92 valence electrons. The lowest BCUT2D eigenvalue weighted by Crippen LogP contribution is -2.06. The van der Waals surface area contributed by atoms with Crippen LogP contribution in [-0.4, -0.2) is 23.5 Å². The molecule has 0 fully saturated rings. The van der Waals surface area contributed by atoms with Crippen LogP contribution >= 0.6 is 15.9 Å². The molecule has 4 nitrogen and oxygen atoms in total. The number of halogens is 1. The van der Waals surface area contributed by atoms with Crippen molar-refractivity contribution in [2.24, 2.45) is 0 Å². The van der Waals surface area contributed by atoms with E-state index < -0.39 is 5.97 Å². The van der Waals surface area contributed by atoms with Crippen LogP contribution in [0.5, 0.6) is 5.75 Å². The van der Waals surface area contributed by atoms with Crippen LogP contribution in [0.15, 0.2) is 22.7 Å². The first-order chi connectivity index (χ1) is 8.04. The lowest BCUT2D eigenvalue weighted by atomic mass is 10.1. The highest BCUT2D eigenvalue weighted by atomic mass is 79.9. The quantitative estimate of drug-likeness (QED) is 0.821. The second-order valence-electron chi connectivity index (χ2n) is 3.39. The van der Waals surface area contributed by atoms with Crippen molar-refractivity contribution in [3.8, 4) is 5.75 Å². The number of ether oxygens (including phenoxy) is 1. The van der Waals surface area contributed by atoms with E-state index in [1.165, 1.54) is 0 Å². The predicted octanol–water partition coefficient (Wildman–Crippen LogP) is 2.90. The van der Waals surface area contributed by atoms with E-state index in [4.69, 9.17) is 9.84 Å². The Morgan fingerprint density at radius 2 is 2.06 bits per heavy atom. The van der Waals surface area contributed by atoms with Crippen LogP contribution in [0.1, 0.15) is 30.1 Å². The van der Waals surface area contributed by atoms with E-state index in [0.29, 0.717) is 17.9 Å². The van der Waals surface area contributed by atoms with E-state index in [1.54, 1.807) is 18.2 Å². The number of hydrogen-bond donors (Lipinski definition) is 1. The van der Waals surface area contributed by atoms with Gasteiger partial charge in [-0.3, -0.25) is 9.59 Å². The fraction of sp³-hybridized carbons (Fsp3) is 0.333. The summed E-state index contributed by atoms with van der Waals surface area (Å²) in [6.45, 7) is 2.29. The molecular formula is C12H13BrO4. The average molecular weight is 301 g/mol. The van der Waals surface area contributed by atoms with Gasteiger partial charge in [-0.2, -0.15) is 0 Å². The molecule has 5 heteroatoms. The van der Waals surface area contributed by atoms with E-state index in [-0.39, 0.29) is 18.6 Å². The summed E-state index contributed by atoms with van der Waals surface area (Å²) in [6.07, 6.45) is -0.192. The van der Waals surface area contributed by atoms with Crippen molar-refractivity contribution in [3.05, 3.63) is 28.2 Å². The smallest absolute Gasteiger partial charge is 0.303 e. The molecule has 0 aromatic heterocycles. The van der Waals surface area contributed by atoms with Gasteiger partial charge in [-0.1, -0.05) is 15.9 Å². The Morgan fingerprint density at radius 3 is 2.65 bits per heavy atom. The van der Waals surface area contributed by atoms with Gasteiger partial charge in [0.15, 0.2) is 5.78 Å². The van der Waals surface area contributed by atoms with Crippen LogP contribution in [0.3, 0.4) is 0 Å². The van der Waals surface area contributed by atoms with Crippen LogP contribution in [0, 0.1) is 0 Å². The van der Waals surface area contributed by atoms with E-state index >= 15 is 0 Å². The summed E-state index contributed by atoms with van der Waals surface area (Å²) >= 11 is 3.27. The number of carbonyl (C=O) groups excluding carboxylic acids is 1. The van der Waals surface area contributed by atoms with Gasteiger partial charge in [0.05, 0.1) is 18.6 Å². The van der Waals surface area contributed by atoms with Crippen molar-refractivity contribution in [1.29, 1.82) is 0 Å². The Hall–Kier alpha value is -1.36. The molecule has 1 rings (SSSR count). The number of carboxylic acids is 1. The minimum atomic E-state index is -0.980. The van der Waals surface area contributed by atoms with Crippen LogP contribution < -0.4 is 4.74 Å². The fourth-order valence-corrected chi connectivity index (χ4v) is 1.72. The number of carboxylic acid groups (broad SMARTS) is 1. The number of Topliss-reactive ketones (excluding diaryl/α,β-unsaturated/α-hetero) is 1. The summed E-state index contributed by atoms with van der Waals surface area (Å²) in [6, 6.07) is 5.12. The number of benzene rings is 1. The maximum absolute atomic E-state index is 11.8. The van der Waals surface area contributed by atoms with Gasteiger partial charge >= 0.3 is 5.97 Å². The number of hydrogen-bond acceptors (Lipinski definition) is 3. The lowest BCUT2D eigenvalue weighted by molar-refractivity contribution is -0.136. The number of carbonyl (C=O) groups is 2. The topological polar surface area (TPSA) is 63.6 Å². The predicted molar refractivity (Wildman–Crippen MR) is 66.5 cm³/mol. The summed E-state index contributed by atoms with van der Waals surface area (Å²) in [4.78, 5) is 22.3. The van der Waals surface area contributed by atoms with Gasteiger partial charge in [-0.15, -0.1) is 0 Å². The Bertz CT molecular complexity index is 429. The van der Waals surface area contributed by atoms with E-state index in [0.717, 1.165) is 4.47 Å². The van der Waals surface area contributed by atoms with Crippen LogP contribution in [0.25, 0.3) is 0 Å². The summed E-state index contributed by atoms with van der Waals surface area (Å²) in [5.74, 6) is -0.713. The molecule has 0 saturated carbocycles. The molecule has 0 aliphatic rings. The number of ketones is 1. The van der Waals surface area contributed by atoms with Crippen LogP contribution in [0.2, 0.25) is 0 Å². The highest BCUT2D eigenvalue weighted by Gasteiger charge is 2.14. The third-order valence-corrected chi connectivity index (χ3v) is 2.60. The zero-order valence-corrected chi connectivity index (χ0v) is 11.0. The summed E-state index contributed by atoms with van der Waals surface area (Å²) in [7, 11) is 0. The maximum atomic E-state index is 11.8. The first kappa shape index (κ1) is 13.7. The third kappa shape index (κ3) is 4.19. The normalized spacial score (nSPS) is 10.0. The molecule has 0 saturated heterocycles. The molecule has 1 aromatic carbocycles. The second kappa shape index (κ2) is 6.39. The average Bonchev–Trinajstić information content (AvgIpc) is 2.28. The minimum Gasteiger partial charge on any atom is -0.493 e. The molecule has 0 aliphatic carbocycles. The standard InChI is InChI=1S/C12H13BrO4/c1-2-17-11-5-3-8(13)7-9(11)10(14)4-6-12(15)16/h3,5,7H,2,4,6H2,1H3,(H,15,16). The van der Waals surface area contributed by atoms with Crippen molar-refractivity contribution in [2.45, 2.75) is 19.8 Å². The largest absolute Gasteiger partial charge is 0.493 e. The molecule has 0 radical (unpaired) electrons. The van der Waals surface area contributed by atoms with Gasteiger partial charge in [-0.05, 0) is 25.1 Å².